The molecule has 1 aromatic heterocycles. The Morgan fingerprint density at radius 1 is 1.28 bits per heavy atom. The quantitative estimate of drug-likeness (QED) is 0.487. The third-order valence-corrected chi connectivity index (χ3v) is 3.30. The fourth-order valence-corrected chi connectivity index (χ4v) is 2.37. The van der Waals surface area contributed by atoms with Crippen LogP contribution in [-0.2, 0) is 0 Å². The number of aromatic nitrogens is 1. The maximum atomic E-state index is 13.5. The molecule has 1 heterocycles. The maximum absolute atomic E-state index is 13.5. The van der Waals surface area contributed by atoms with Gasteiger partial charge in [0.15, 0.2) is 5.03 Å². The first-order valence-electron chi connectivity index (χ1n) is 4.81. The van der Waals surface area contributed by atoms with Gasteiger partial charge in [0.05, 0.1) is 4.92 Å². The zero-order chi connectivity index (χ0) is 13.1. The van der Waals surface area contributed by atoms with Crippen LogP contribution >= 0.6 is 23.4 Å². The van der Waals surface area contributed by atoms with Gasteiger partial charge in [0.1, 0.15) is 11.0 Å². The first-order valence-corrected chi connectivity index (χ1v) is 6.00. The number of nitro groups is 1. The number of rotatable bonds is 3. The molecule has 0 aliphatic carbocycles. The minimum atomic E-state index is -0.577. The van der Waals surface area contributed by atoms with E-state index in [0.29, 0.717) is 0 Å². The van der Waals surface area contributed by atoms with Crippen molar-refractivity contribution in [2.45, 2.75) is 9.92 Å². The van der Waals surface area contributed by atoms with Crippen LogP contribution in [0.15, 0.2) is 46.3 Å². The Bertz CT molecular complexity index is 609. The summed E-state index contributed by atoms with van der Waals surface area (Å²) in [7, 11) is 0. The van der Waals surface area contributed by atoms with Gasteiger partial charge in [-0.1, -0.05) is 35.5 Å². The summed E-state index contributed by atoms with van der Waals surface area (Å²) in [5, 5.41) is 11.0. The van der Waals surface area contributed by atoms with Gasteiger partial charge >= 0.3 is 5.69 Å². The Hall–Kier alpha value is -1.66. The van der Waals surface area contributed by atoms with E-state index in [-0.39, 0.29) is 20.8 Å². The summed E-state index contributed by atoms with van der Waals surface area (Å²) >= 11 is 6.56. The average molecular weight is 285 g/mol. The van der Waals surface area contributed by atoms with Gasteiger partial charge in [-0.05, 0) is 18.2 Å². The monoisotopic (exact) mass is 284 g/mol. The summed E-state index contributed by atoms with van der Waals surface area (Å²) in [6.07, 6.45) is 0. The topological polar surface area (TPSA) is 56.0 Å². The molecule has 0 bridgehead atoms. The minimum absolute atomic E-state index is 0.0672. The lowest BCUT2D eigenvalue weighted by Crippen LogP contribution is -1.94. The van der Waals surface area contributed by atoms with E-state index < -0.39 is 10.7 Å². The molecule has 4 nitrogen and oxygen atoms in total. The molecule has 0 radical (unpaired) electrons. The lowest BCUT2D eigenvalue weighted by atomic mass is 10.3. The Morgan fingerprint density at radius 2 is 2.00 bits per heavy atom. The van der Waals surface area contributed by atoms with Crippen LogP contribution in [-0.4, -0.2) is 9.91 Å². The zero-order valence-corrected chi connectivity index (χ0v) is 10.4. The molecule has 0 atom stereocenters. The SMILES string of the molecule is O=[N+]([O-])c1ccc(Cl)nc1Sc1ccccc1F. The maximum Gasteiger partial charge on any atom is 0.301 e. The van der Waals surface area contributed by atoms with Gasteiger partial charge in [-0.25, -0.2) is 9.37 Å². The summed E-state index contributed by atoms with van der Waals surface area (Å²) in [5.41, 5.74) is -0.201. The highest BCUT2D eigenvalue weighted by Gasteiger charge is 2.18. The van der Waals surface area contributed by atoms with Crippen LogP contribution < -0.4 is 0 Å². The highest BCUT2D eigenvalue weighted by Crippen LogP contribution is 2.35. The lowest BCUT2D eigenvalue weighted by Gasteiger charge is -2.03. The summed E-state index contributed by atoms with van der Waals surface area (Å²) < 4.78 is 13.5. The van der Waals surface area contributed by atoms with Crippen molar-refractivity contribution in [3.63, 3.8) is 0 Å². The van der Waals surface area contributed by atoms with Crippen LogP contribution in [0.4, 0.5) is 10.1 Å². The third-order valence-electron chi connectivity index (χ3n) is 2.05. The number of nitrogens with zero attached hydrogens (tertiary/aromatic N) is 2. The second-order valence-electron chi connectivity index (χ2n) is 3.25. The van der Waals surface area contributed by atoms with Crippen molar-refractivity contribution < 1.29 is 9.31 Å². The van der Waals surface area contributed by atoms with Crippen LogP contribution in [0.3, 0.4) is 0 Å². The predicted octanol–water partition coefficient (Wildman–Crippen LogP) is 3.93. The number of hydrogen-bond donors (Lipinski definition) is 0. The van der Waals surface area contributed by atoms with Crippen molar-refractivity contribution in [3.8, 4) is 0 Å². The average Bonchev–Trinajstić information content (AvgIpc) is 2.32. The normalized spacial score (nSPS) is 10.3. The van der Waals surface area contributed by atoms with E-state index in [1.54, 1.807) is 12.1 Å². The van der Waals surface area contributed by atoms with Crippen LogP contribution in [0, 0.1) is 15.9 Å². The fourth-order valence-electron chi connectivity index (χ4n) is 1.26. The van der Waals surface area contributed by atoms with Crippen LogP contribution in [0.5, 0.6) is 0 Å². The van der Waals surface area contributed by atoms with E-state index in [9.17, 15) is 14.5 Å². The highest BCUT2D eigenvalue weighted by molar-refractivity contribution is 7.99. The summed E-state index contributed by atoms with van der Waals surface area (Å²) in [4.78, 5) is 14.4. The molecule has 0 unspecified atom stereocenters. The van der Waals surface area contributed by atoms with E-state index in [2.05, 4.69) is 4.98 Å². The van der Waals surface area contributed by atoms with E-state index in [0.717, 1.165) is 11.8 Å². The molecule has 7 heteroatoms. The summed E-state index contributed by atoms with van der Waals surface area (Å²) in [5.74, 6) is -0.460. The molecule has 2 rings (SSSR count). The van der Waals surface area contributed by atoms with Gasteiger partial charge in [0.25, 0.3) is 0 Å². The lowest BCUT2D eigenvalue weighted by molar-refractivity contribution is -0.388. The van der Waals surface area contributed by atoms with Gasteiger partial charge < -0.3 is 0 Å². The number of benzene rings is 1. The highest BCUT2D eigenvalue weighted by atomic mass is 35.5. The van der Waals surface area contributed by atoms with Crippen LogP contribution in [0.1, 0.15) is 0 Å². The Morgan fingerprint density at radius 3 is 2.67 bits per heavy atom. The van der Waals surface area contributed by atoms with Crippen molar-refractivity contribution >= 4 is 29.1 Å². The van der Waals surface area contributed by atoms with Crippen molar-refractivity contribution in [2.75, 3.05) is 0 Å². The number of pyridine rings is 1. The Balaban J connectivity index is 2.42. The zero-order valence-electron chi connectivity index (χ0n) is 8.84. The predicted molar refractivity (Wildman–Crippen MR) is 66.4 cm³/mol. The molecule has 0 aliphatic rings. The second kappa shape index (κ2) is 5.32. The third kappa shape index (κ3) is 2.77. The molecule has 92 valence electrons. The van der Waals surface area contributed by atoms with E-state index >= 15 is 0 Å². The van der Waals surface area contributed by atoms with Gasteiger partial charge in [0, 0.05) is 11.0 Å². The second-order valence-corrected chi connectivity index (χ2v) is 4.67. The molecule has 0 saturated carbocycles. The van der Waals surface area contributed by atoms with E-state index in [1.165, 1.54) is 24.3 Å². The summed E-state index contributed by atoms with van der Waals surface area (Å²) in [6.45, 7) is 0. The molecule has 0 spiro atoms. The Kier molecular flexibility index (Phi) is 3.78. The van der Waals surface area contributed by atoms with Crippen molar-refractivity contribution in [1.82, 2.24) is 4.98 Å². The molecule has 2 aromatic rings. The fraction of sp³-hybridized carbons (Fsp3) is 0. The Labute approximate surface area is 111 Å². The van der Waals surface area contributed by atoms with Crippen LogP contribution in [0.2, 0.25) is 5.15 Å². The van der Waals surface area contributed by atoms with Gasteiger partial charge in [-0.15, -0.1) is 0 Å². The minimum Gasteiger partial charge on any atom is -0.258 e. The molecule has 0 amide bonds. The molecule has 0 aliphatic heterocycles. The van der Waals surface area contributed by atoms with Gasteiger partial charge in [0.2, 0.25) is 0 Å². The number of halogens is 2. The number of hydrogen-bond acceptors (Lipinski definition) is 4. The molecule has 1 aromatic carbocycles. The standard InChI is InChI=1S/C11H6ClFN2O2S/c12-10-6-5-8(15(16)17)11(14-10)18-9-4-2-1-3-7(9)13/h1-6H. The van der Waals surface area contributed by atoms with E-state index in [4.69, 9.17) is 11.6 Å². The van der Waals surface area contributed by atoms with Crippen LogP contribution in [0.25, 0.3) is 0 Å². The van der Waals surface area contributed by atoms with Crippen molar-refractivity contribution in [3.05, 3.63) is 57.5 Å². The van der Waals surface area contributed by atoms with Crippen molar-refractivity contribution in [2.24, 2.45) is 0 Å². The molecule has 0 N–H and O–H groups in total. The van der Waals surface area contributed by atoms with E-state index in [1.807, 2.05) is 0 Å². The molecular weight excluding hydrogens is 279 g/mol. The molecule has 0 fully saturated rings. The largest absolute Gasteiger partial charge is 0.301 e. The van der Waals surface area contributed by atoms with Crippen molar-refractivity contribution in [1.29, 1.82) is 0 Å². The van der Waals surface area contributed by atoms with Gasteiger partial charge in [-0.2, -0.15) is 0 Å². The molecule has 0 saturated heterocycles. The molecule has 18 heavy (non-hydrogen) atoms. The smallest absolute Gasteiger partial charge is 0.258 e. The first-order chi connectivity index (χ1) is 8.58. The first kappa shape index (κ1) is 12.8. The van der Waals surface area contributed by atoms with Gasteiger partial charge in [-0.3, -0.25) is 10.1 Å². The summed E-state index contributed by atoms with van der Waals surface area (Å²) in [6, 6.07) is 8.55. The molecular formula is C11H6ClFN2O2S.